The second kappa shape index (κ2) is 6.10. The van der Waals surface area contributed by atoms with Crippen LogP contribution in [0.25, 0.3) is 0 Å². The van der Waals surface area contributed by atoms with Gasteiger partial charge in [-0.3, -0.25) is 4.79 Å². The van der Waals surface area contributed by atoms with E-state index in [2.05, 4.69) is 21.9 Å². The van der Waals surface area contributed by atoms with Gasteiger partial charge >= 0.3 is 5.97 Å². The zero-order valence-electron chi connectivity index (χ0n) is 11.5. The molecule has 104 valence electrons. The highest BCUT2D eigenvalue weighted by Gasteiger charge is 2.21. The van der Waals surface area contributed by atoms with E-state index in [9.17, 15) is 4.79 Å². The summed E-state index contributed by atoms with van der Waals surface area (Å²) in [5, 5.41) is 8.83. The Morgan fingerprint density at radius 2 is 2.21 bits per heavy atom. The highest BCUT2D eigenvalue weighted by Crippen LogP contribution is 2.26. The summed E-state index contributed by atoms with van der Waals surface area (Å²) in [5.74, 6) is 0.193. The molecule has 1 aliphatic rings. The number of carboxylic acids is 1. The van der Waals surface area contributed by atoms with Crippen molar-refractivity contribution < 1.29 is 9.90 Å². The van der Waals surface area contributed by atoms with E-state index in [-0.39, 0.29) is 12.3 Å². The van der Waals surface area contributed by atoms with Crippen LogP contribution in [0.15, 0.2) is 12.3 Å². The summed E-state index contributed by atoms with van der Waals surface area (Å²) in [7, 11) is 2.14. The Morgan fingerprint density at radius 3 is 2.84 bits per heavy atom. The monoisotopic (exact) mass is 263 g/mol. The molecule has 1 saturated heterocycles. The molecule has 0 aromatic carbocycles. The molecule has 1 aliphatic heterocycles. The minimum absolute atomic E-state index is 0.0802. The zero-order chi connectivity index (χ0) is 13.8. The SMILES string of the molecule is CC(CC(=O)O)c1nccc(C2CCN(C)CC2)n1. The van der Waals surface area contributed by atoms with Crippen molar-refractivity contribution >= 4 is 5.97 Å². The molecular weight excluding hydrogens is 242 g/mol. The number of carboxylic acid groups (broad SMARTS) is 1. The highest BCUT2D eigenvalue weighted by molar-refractivity contribution is 5.67. The normalized spacial score (nSPS) is 19.3. The van der Waals surface area contributed by atoms with E-state index < -0.39 is 5.97 Å². The fourth-order valence-corrected chi connectivity index (χ4v) is 2.51. The number of hydrogen-bond donors (Lipinski definition) is 1. The van der Waals surface area contributed by atoms with E-state index in [4.69, 9.17) is 5.11 Å². The van der Waals surface area contributed by atoms with Gasteiger partial charge in [-0.25, -0.2) is 9.97 Å². The molecule has 2 heterocycles. The Kier molecular flexibility index (Phi) is 4.47. The standard InChI is InChI=1S/C14H21N3O2/c1-10(9-13(18)19)14-15-6-3-12(16-14)11-4-7-17(2)8-5-11/h3,6,10-11H,4-5,7-9H2,1-2H3,(H,18,19). The molecule has 0 aliphatic carbocycles. The lowest BCUT2D eigenvalue weighted by molar-refractivity contribution is -0.137. The van der Waals surface area contributed by atoms with Gasteiger partial charge in [-0.15, -0.1) is 0 Å². The Bertz CT molecular complexity index is 442. The molecule has 0 spiro atoms. The first kappa shape index (κ1) is 13.9. The molecule has 0 bridgehead atoms. The third kappa shape index (κ3) is 3.73. The summed E-state index contributed by atoms with van der Waals surface area (Å²) >= 11 is 0. The number of piperidine rings is 1. The van der Waals surface area contributed by atoms with Crippen molar-refractivity contribution in [3.63, 3.8) is 0 Å². The van der Waals surface area contributed by atoms with Crippen molar-refractivity contribution in [1.29, 1.82) is 0 Å². The van der Waals surface area contributed by atoms with E-state index in [1.165, 1.54) is 0 Å². The van der Waals surface area contributed by atoms with Crippen LogP contribution >= 0.6 is 0 Å². The van der Waals surface area contributed by atoms with Crippen LogP contribution in [0, 0.1) is 0 Å². The molecule has 2 rings (SSSR count). The van der Waals surface area contributed by atoms with E-state index in [1.807, 2.05) is 13.0 Å². The molecule has 1 unspecified atom stereocenters. The van der Waals surface area contributed by atoms with Crippen molar-refractivity contribution in [2.45, 2.75) is 38.0 Å². The summed E-state index contributed by atoms with van der Waals surface area (Å²) in [4.78, 5) is 21.9. The number of hydrogen-bond acceptors (Lipinski definition) is 4. The van der Waals surface area contributed by atoms with E-state index in [0.717, 1.165) is 31.6 Å². The van der Waals surface area contributed by atoms with Crippen LogP contribution in [0.1, 0.15) is 49.5 Å². The minimum atomic E-state index is -0.805. The molecule has 0 amide bonds. The predicted octanol–water partition coefficient (Wildman–Crippen LogP) is 1.86. The summed E-state index contributed by atoms with van der Waals surface area (Å²) in [5.41, 5.74) is 1.07. The molecule has 1 atom stereocenters. The number of likely N-dealkylation sites (tertiary alicyclic amines) is 1. The molecule has 0 radical (unpaired) electrons. The molecular formula is C14H21N3O2. The number of nitrogens with zero attached hydrogens (tertiary/aromatic N) is 3. The van der Waals surface area contributed by atoms with Crippen LogP contribution in [-0.2, 0) is 4.79 Å². The molecule has 0 saturated carbocycles. The van der Waals surface area contributed by atoms with Crippen molar-refractivity contribution in [2.24, 2.45) is 0 Å². The second-order valence-corrected chi connectivity index (χ2v) is 5.42. The van der Waals surface area contributed by atoms with Crippen LogP contribution in [0.4, 0.5) is 0 Å². The van der Waals surface area contributed by atoms with Gasteiger partial charge < -0.3 is 10.0 Å². The average Bonchev–Trinajstić information content (AvgIpc) is 2.39. The van der Waals surface area contributed by atoms with Crippen LogP contribution in [0.3, 0.4) is 0 Å². The van der Waals surface area contributed by atoms with Crippen molar-refractivity contribution in [2.75, 3.05) is 20.1 Å². The minimum Gasteiger partial charge on any atom is -0.481 e. The van der Waals surface area contributed by atoms with Gasteiger partial charge in [-0.2, -0.15) is 0 Å². The molecule has 5 nitrogen and oxygen atoms in total. The lowest BCUT2D eigenvalue weighted by Crippen LogP contribution is -2.29. The van der Waals surface area contributed by atoms with Crippen molar-refractivity contribution in [3.05, 3.63) is 23.8 Å². The second-order valence-electron chi connectivity index (χ2n) is 5.42. The van der Waals surface area contributed by atoms with Gasteiger partial charge in [0.05, 0.1) is 6.42 Å². The fourth-order valence-electron chi connectivity index (χ4n) is 2.51. The summed E-state index contributed by atoms with van der Waals surface area (Å²) in [6.07, 6.45) is 4.06. The van der Waals surface area contributed by atoms with Crippen LogP contribution in [0.2, 0.25) is 0 Å². The lowest BCUT2D eigenvalue weighted by Gasteiger charge is -2.28. The third-order valence-electron chi connectivity index (χ3n) is 3.75. The zero-order valence-corrected chi connectivity index (χ0v) is 11.5. The smallest absolute Gasteiger partial charge is 0.304 e. The maximum absolute atomic E-state index is 10.7. The summed E-state index contributed by atoms with van der Waals surface area (Å²) in [6.45, 7) is 4.05. The largest absolute Gasteiger partial charge is 0.481 e. The maximum atomic E-state index is 10.7. The number of carbonyl (C=O) groups is 1. The molecule has 1 fully saturated rings. The highest BCUT2D eigenvalue weighted by atomic mass is 16.4. The first-order valence-corrected chi connectivity index (χ1v) is 6.79. The number of aliphatic carboxylic acids is 1. The predicted molar refractivity (Wildman–Crippen MR) is 72.2 cm³/mol. The van der Waals surface area contributed by atoms with E-state index in [0.29, 0.717) is 11.7 Å². The van der Waals surface area contributed by atoms with Gasteiger partial charge in [0.25, 0.3) is 0 Å². The Labute approximate surface area is 113 Å². The molecule has 1 aromatic heterocycles. The van der Waals surface area contributed by atoms with E-state index >= 15 is 0 Å². The third-order valence-corrected chi connectivity index (χ3v) is 3.75. The van der Waals surface area contributed by atoms with Crippen LogP contribution in [0.5, 0.6) is 0 Å². The maximum Gasteiger partial charge on any atom is 0.304 e. The van der Waals surface area contributed by atoms with Crippen LogP contribution < -0.4 is 0 Å². The average molecular weight is 263 g/mol. The van der Waals surface area contributed by atoms with Gasteiger partial charge in [0.1, 0.15) is 5.82 Å². The molecule has 5 heteroatoms. The van der Waals surface area contributed by atoms with Gasteiger partial charge in [-0.05, 0) is 39.0 Å². The molecule has 1 N–H and O–H groups in total. The first-order valence-electron chi connectivity index (χ1n) is 6.79. The lowest BCUT2D eigenvalue weighted by atomic mass is 9.93. The van der Waals surface area contributed by atoms with Gasteiger partial charge in [-0.1, -0.05) is 6.92 Å². The Morgan fingerprint density at radius 1 is 1.53 bits per heavy atom. The molecule has 19 heavy (non-hydrogen) atoms. The number of rotatable bonds is 4. The van der Waals surface area contributed by atoms with Gasteiger partial charge in [0.2, 0.25) is 0 Å². The Balaban J connectivity index is 2.08. The first-order chi connectivity index (χ1) is 9.06. The number of aromatic nitrogens is 2. The van der Waals surface area contributed by atoms with E-state index in [1.54, 1.807) is 6.20 Å². The van der Waals surface area contributed by atoms with Gasteiger partial charge in [0, 0.05) is 23.7 Å². The van der Waals surface area contributed by atoms with Gasteiger partial charge in [0.15, 0.2) is 0 Å². The Hall–Kier alpha value is -1.49. The summed E-state index contributed by atoms with van der Waals surface area (Å²) < 4.78 is 0. The topological polar surface area (TPSA) is 66.3 Å². The van der Waals surface area contributed by atoms with Crippen LogP contribution in [-0.4, -0.2) is 46.1 Å². The fraction of sp³-hybridized carbons (Fsp3) is 0.643. The summed E-state index contributed by atoms with van der Waals surface area (Å²) in [6, 6.07) is 1.97. The molecule has 1 aromatic rings. The quantitative estimate of drug-likeness (QED) is 0.898. The van der Waals surface area contributed by atoms with Crippen molar-refractivity contribution in [1.82, 2.24) is 14.9 Å². The van der Waals surface area contributed by atoms with Crippen molar-refractivity contribution in [3.8, 4) is 0 Å².